The van der Waals surface area contributed by atoms with Crippen LogP contribution in [0.2, 0.25) is 0 Å². The van der Waals surface area contributed by atoms with Crippen molar-refractivity contribution in [1.82, 2.24) is 0 Å². The van der Waals surface area contributed by atoms with Gasteiger partial charge in [0.1, 0.15) is 11.5 Å². The highest BCUT2D eigenvalue weighted by Crippen LogP contribution is 2.42. The van der Waals surface area contributed by atoms with Gasteiger partial charge in [0, 0.05) is 17.4 Å². The Kier molecular flexibility index (Phi) is 4.10. The normalized spacial score (nSPS) is 21.0. The number of aliphatic hydroxyl groups is 1. The molecule has 0 heterocycles. The summed E-state index contributed by atoms with van der Waals surface area (Å²) in [6, 6.07) is 3.67. The van der Waals surface area contributed by atoms with E-state index in [1.54, 1.807) is 14.2 Å². The molecule has 1 aliphatic rings. The molecule has 0 aliphatic heterocycles. The second-order valence-electron chi connectivity index (χ2n) is 6.16. The first kappa shape index (κ1) is 15.6. The molecule has 1 atom stereocenters. The maximum Gasteiger partial charge on any atom is 0.156 e. The number of carbonyl (C=O) groups is 1. The SMILES string of the molecule is COc1cc(C2=CC(=O)CC(C)(C)C2O)c(OC)cc1C. The summed E-state index contributed by atoms with van der Waals surface area (Å²) in [4.78, 5) is 12.0. The minimum Gasteiger partial charge on any atom is -0.496 e. The van der Waals surface area contributed by atoms with Crippen molar-refractivity contribution in [2.75, 3.05) is 14.2 Å². The largest absolute Gasteiger partial charge is 0.496 e. The molecule has 0 fully saturated rings. The standard InChI is InChI=1S/C17H22O4/c1-10-6-15(21-5)12(8-14(10)20-4)13-7-11(18)9-17(2,3)16(13)19/h6-8,16,19H,9H2,1-5H3. The summed E-state index contributed by atoms with van der Waals surface area (Å²) in [5.41, 5.74) is 1.74. The number of hydrogen-bond donors (Lipinski definition) is 1. The molecule has 1 aromatic rings. The molecule has 0 bridgehead atoms. The number of aliphatic hydroxyl groups excluding tert-OH is 1. The molecule has 21 heavy (non-hydrogen) atoms. The van der Waals surface area contributed by atoms with Gasteiger partial charge in [-0.1, -0.05) is 13.8 Å². The van der Waals surface area contributed by atoms with Crippen molar-refractivity contribution < 1.29 is 19.4 Å². The van der Waals surface area contributed by atoms with Gasteiger partial charge in [0.25, 0.3) is 0 Å². The van der Waals surface area contributed by atoms with E-state index in [0.717, 1.165) is 5.56 Å². The predicted molar refractivity (Wildman–Crippen MR) is 81.7 cm³/mol. The molecular weight excluding hydrogens is 268 g/mol. The van der Waals surface area contributed by atoms with Crippen LogP contribution in [0.5, 0.6) is 11.5 Å². The molecule has 0 amide bonds. The van der Waals surface area contributed by atoms with Crippen molar-refractivity contribution in [2.24, 2.45) is 5.41 Å². The lowest BCUT2D eigenvalue weighted by Gasteiger charge is -2.35. The number of benzene rings is 1. The first-order valence-corrected chi connectivity index (χ1v) is 6.95. The molecule has 1 N–H and O–H groups in total. The highest BCUT2D eigenvalue weighted by Gasteiger charge is 2.38. The van der Waals surface area contributed by atoms with E-state index in [1.165, 1.54) is 6.08 Å². The van der Waals surface area contributed by atoms with E-state index in [2.05, 4.69) is 0 Å². The molecule has 1 aromatic carbocycles. The van der Waals surface area contributed by atoms with Crippen LogP contribution >= 0.6 is 0 Å². The lowest BCUT2D eigenvalue weighted by molar-refractivity contribution is -0.118. The summed E-state index contributed by atoms with van der Waals surface area (Å²) in [7, 11) is 3.17. The van der Waals surface area contributed by atoms with Crippen LogP contribution < -0.4 is 9.47 Å². The van der Waals surface area contributed by atoms with Crippen LogP contribution in [-0.4, -0.2) is 31.2 Å². The summed E-state index contributed by atoms with van der Waals surface area (Å²) in [5.74, 6) is 1.35. The smallest absolute Gasteiger partial charge is 0.156 e. The topological polar surface area (TPSA) is 55.8 Å². The molecule has 1 unspecified atom stereocenters. The van der Waals surface area contributed by atoms with Crippen LogP contribution in [0.1, 0.15) is 31.4 Å². The number of ketones is 1. The monoisotopic (exact) mass is 290 g/mol. The van der Waals surface area contributed by atoms with Crippen LogP contribution in [0.25, 0.3) is 5.57 Å². The minimum absolute atomic E-state index is 0.0156. The fraction of sp³-hybridized carbons (Fsp3) is 0.471. The van der Waals surface area contributed by atoms with Gasteiger partial charge in [-0.15, -0.1) is 0 Å². The molecule has 0 aromatic heterocycles. The molecule has 0 saturated heterocycles. The van der Waals surface area contributed by atoms with Crippen LogP contribution in [-0.2, 0) is 4.79 Å². The zero-order valence-electron chi connectivity index (χ0n) is 13.2. The number of aryl methyl sites for hydroxylation is 1. The Morgan fingerprint density at radius 3 is 2.38 bits per heavy atom. The number of methoxy groups -OCH3 is 2. The summed E-state index contributed by atoms with van der Waals surface area (Å²) < 4.78 is 10.8. The van der Waals surface area contributed by atoms with E-state index < -0.39 is 11.5 Å². The van der Waals surface area contributed by atoms with Gasteiger partial charge in [0.05, 0.1) is 20.3 Å². The van der Waals surface area contributed by atoms with Crippen LogP contribution in [0.3, 0.4) is 0 Å². The summed E-state index contributed by atoms with van der Waals surface area (Å²) in [5, 5.41) is 10.6. The zero-order chi connectivity index (χ0) is 15.8. The van der Waals surface area contributed by atoms with Crippen molar-refractivity contribution in [1.29, 1.82) is 0 Å². The van der Waals surface area contributed by atoms with E-state index >= 15 is 0 Å². The average Bonchev–Trinajstić information content (AvgIpc) is 2.42. The van der Waals surface area contributed by atoms with Gasteiger partial charge in [0.2, 0.25) is 0 Å². The molecule has 4 nitrogen and oxygen atoms in total. The van der Waals surface area contributed by atoms with Gasteiger partial charge in [-0.25, -0.2) is 0 Å². The number of rotatable bonds is 3. The van der Waals surface area contributed by atoms with E-state index in [9.17, 15) is 9.90 Å². The molecule has 2 rings (SSSR count). The maximum atomic E-state index is 12.0. The minimum atomic E-state index is -0.725. The van der Waals surface area contributed by atoms with Gasteiger partial charge in [-0.05, 0) is 36.3 Å². The second-order valence-corrected chi connectivity index (χ2v) is 6.16. The van der Waals surface area contributed by atoms with Crippen LogP contribution in [0, 0.1) is 12.3 Å². The summed E-state index contributed by atoms with van der Waals surface area (Å²) >= 11 is 0. The van der Waals surface area contributed by atoms with Crippen molar-refractivity contribution in [2.45, 2.75) is 33.3 Å². The third-order valence-electron chi connectivity index (χ3n) is 4.01. The van der Waals surface area contributed by atoms with E-state index in [0.29, 0.717) is 29.1 Å². The lowest BCUT2D eigenvalue weighted by atomic mass is 9.72. The molecule has 1 aliphatic carbocycles. The van der Waals surface area contributed by atoms with Crippen molar-refractivity contribution in [3.63, 3.8) is 0 Å². The van der Waals surface area contributed by atoms with Crippen LogP contribution in [0.4, 0.5) is 0 Å². The summed E-state index contributed by atoms with van der Waals surface area (Å²) in [6.45, 7) is 5.70. The number of allylic oxidation sites excluding steroid dienone is 1. The van der Waals surface area contributed by atoms with Gasteiger partial charge >= 0.3 is 0 Å². The third kappa shape index (κ3) is 2.81. The number of ether oxygens (including phenoxy) is 2. The van der Waals surface area contributed by atoms with Gasteiger partial charge in [0.15, 0.2) is 5.78 Å². The third-order valence-corrected chi connectivity index (χ3v) is 4.01. The summed E-state index contributed by atoms with van der Waals surface area (Å²) in [6.07, 6.45) is 1.13. The Morgan fingerprint density at radius 2 is 1.81 bits per heavy atom. The van der Waals surface area contributed by atoms with E-state index in [-0.39, 0.29) is 5.78 Å². The highest BCUT2D eigenvalue weighted by atomic mass is 16.5. The Labute approximate surface area is 125 Å². The second kappa shape index (κ2) is 5.53. The quantitative estimate of drug-likeness (QED) is 0.930. The van der Waals surface area contributed by atoms with Gasteiger partial charge < -0.3 is 14.6 Å². The van der Waals surface area contributed by atoms with Crippen LogP contribution in [0.15, 0.2) is 18.2 Å². The maximum absolute atomic E-state index is 12.0. The fourth-order valence-electron chi connectivity index (χ4n) is 2.77. The Bertz CT molecular complexity index is 599. The highest BCUT2D eigenvalue weighted by molar-refractivity contribution is 6.01. The average molecular weight is 290 g/mol. The van der Waals surface area contributed by atoms with Crippen molar-refractivity contribution in [3.05, 3.63) is 29.3 Å². The molecule has 0 saturated carbocycles. The lowest BCUT2D eigenvalue weighted by Crippen LogP contribution is -2.36. The molecule has 0 radical (unpaired) electrons. The van der Waals surface area contributed by atoms with Gasteiger partial charge in [-0.3, -0.25) is 4.79 Å². The van der Waals surface area contributed by atoms with Gasteiger partial charge in [-0.2, -0.15) is 0 Å². The molecule has 4 heteroatoms. The number of hydrogen-bond acceptors (Lipinski definition) is 4. The Morgan fingerprint density at radius 1 is 1.19 bits per heavy atom. The molecular formula is C17H22O4. The fourth-order valence-corrected chi connectivity index (χ4v) is 2.77. The van der Waals surface area contributed by atoms with E-state index in [4.69, 9.17) is 9.47 Å². The van der Waals surface area contributed by atoms with Crippen molar-refractivity contribution >= 4 is 11.4 Å². The predicted octanol–water partition coefficient (Wildman–Crippen LogP) is 2.76. The Balaban J connectivity index is 2.62. The van der Waals surface area contributed by atoms with E-state index in [1.807, 2.05) is 32.9 Å². The molecule has 0 spiro atoms. The first-order valence-electron chi connectivity index (χ1n) is 6.95. The number of carbonyl (C=O) groups excluding carboxylic acids is 1. The molecule has 114 valence electrons. The zero-order valence-corrected chi connectivity index (χ0v) is 13.2. The first-order chi connectivity index (χ1) is 9.80. The Hall–Kier alpha value is -1.81. The van der Waals surface area contributed by atoms with Crippen molar-refractivity contribution in [3.8, 4) is 11.5 Å².